The molecule has 0 atom stereocenters. The third-order valence-electron chi connectivity index (χ3n) is 4.52. The Kier molecular flexibility index (Phi) is 6.09. The van der Waals surface area contributed by atoms with Crippen molar-refractivity contribution in [3.05, 3.63) is 78.1 Å². The summed E-state index contributed by atoms with van der Waals surface area (Å²) in [6, 6.07) is 8.04. The van der Waals surface area contributed by atoms with E-state index in [1.165, 1.54) is 15.5 Å². The van der Waals surface area contributed by atoms with E-state index < -0.39 is 11.7 Å². The largest absolute Gasteiger partial charge is 0.345 e. The van der Waals surface area contributed by atoms with E-state index in [4.69, 9.17) is 11.6 Å². The van der Waals surface area contributed by atoms with Crippen LogP contribution in [-0.2, 0) is 0 Å². The van der Waals surface area contributed by atoms with Crippen LogP contribution in [0.4, 0.5) is 4.39 Å². The maximum atomic E-state index is 15.1. The molecule has 0 aliphatic heterocycles. The molecule has 0 saturated carbocycles. The number of hydrogen-bond donors (Lipinski definition) is 0. The first-order valence-corrected chi connectivity index (χ1v) is 10.1. The van der Waals surface area contributed by atoms with E-state index in [0.29, 0.717) is 20.6 Å². The Balaban J connectivity index is 2.23. The van der Waals surface area contributed by atoms with Gasteiger partial charge in [0.1, 0.15) is 10.8 Å². The molecule has 0 saturated heterocycles. The lowest BCUT2D eigenvalue weighted by Crippen LogP contribution is -2.23. The molecule has 3 rings (SSSR count). The third kappa shape index (κ3) is 3.93. The van der Waals surface area contributed by atoms with Gasteiger partial charge in [0.05, 0.1) is 16.9 Å². The summed E-state index contributed by atoms with van der Waals surface area (Å²) < 4.78 is 17.2. The van der Waals surface area contributed by atoms with E-state index >= 15 is 4.39 Å². The Labute approximate surface area is 186 Å². The SMILES string of the molecule is Cc1cnc(-c2cccc(C(=O)N(C)C)c2F)cc1-n1c(C)cc(I)c(Cl)c1=O. The average molecular weight is 526 g/mol. The summed E-state index contributed by atoms with van der Waals surface area (Å²) in [5.74, 6) is -1.09. The molecule has 0 aliphatic rings. The van der Waals surface area contributed by atoms with Gasteiger partial charge in [-0.25, -0.2) is 4.39 Å². The number of rotatable bonds is 3. The Hall–Kier alpha value is -2.26. The number of hydrogen-bond acceptors (Lipinski definition) is 3. The minimum Gasteiger partial charge on any atom is -0.345 e. The molecule has 1 amide bonds. The molecule has 0 radical (unpaired) electrons. The summed E-state index contributed by atoms with van der Waals surface area (Å²) in [6.07, 6.45) is 1.57. The second kappa shape index (κ2) is 8.23. The highest BCUT2D eigenvalue weighted by molar-refractivity contribution is 14.1. The van der Waals surface area contributed by atoms with Gasteiger partial charge in [-0.05, 0) is 66.3 Å². The average Bonchev–Trinajstić information content (AvgIpc) is 2.67. The van der Waals surface area contributed by atoms with Gasteiger partial charge in [-0.2, -0.15) is 0 Å². The fourth-order valence-corrected chi connectivity index (χ4v) is 3.83. The topological polar surface area (TPSA) is 55.2 Å². The minimum atomic E-state index is -0.654. The highest BCUT2D eigenvalue weighted by atomic mass is 127. The standard InChI is InChI=1S/C21H18ClFIN3O2/c1-11-10-25-16(13-6-5-7-14(19(13)23)20(28)26(3)4)9-17(11)27-12(2)8-15(24)18(22)21(27)29/h5-10H,1-4H3. The number of carbonyl (C=O) groups excluding carboxylic acids is 1. The van der Waals surface area contributed by atoms with Crippen LogP contribution >= 0.6 is 34.2 Å². The van der Waals surface area contributed by atoms with Gasteiger partial charge in [0.25, 0.3) is 11.5 Å². The molecular weight excluding hydrogens is 508 g/mol. The van der Waals surface area contributed by atoms with Crippen LogP contribution in [0.25, 0.3) is 16.9 Å². The predicted molar refractivity (Wildman–Crippen MR) is 120 cm³/mol. The lowest BCUT2D eigenvalue weighted by Gasteiger charge is -2.16. The van der Waals surface area contributed by atoms with Crippen molar-refractivity contribution in [2.75, 3.05) is 14.1 Å². The number of carbonyl (C=O) groups is 1. The van der Waals surface area contributed by atoms with Crippen molar-refractivity contribution < 1.29 is 9.18 Å². The van der Waals surface area contributed by atoms with Crippen molar-refractivity contribution >= 4 is 40.1 Å². The second-order valence-electron chi connectivity index (χ2n) is 6.81. The highest BCUT2D eigenvalue weighted by Gasteiger charge is 2.19. The normalized spacial score (nSPS) is 10.9. The first-order valence-electron chi connectivity index (χ1n) is 8.68. The fraction of sp³-hybridized carbons (Fsp3) is 0.190. The zero-order chi connectivity index (χ0) is 21.5. The number of benzene rings is 1. The monoisotopic (exact) mass is 525 g/mol. The zero-order valence-corrected chi connectivity index (χ0v) is 19.2. The van der Waals surface area contributed by atoms with Crippen LogP contribution in [0.3, 0.4) is 0 Å². The highest BCUT2D eigenvalue weighted by Crippen LogP contribution is 2.27. The molecule has 5 nitrogen and oxygen atoms in total. The maximum absolute atomic E-state index is 15.1. The fourth-order valence-electron chi connectivity index (χ4n) is 3.01. The van der Waals surface area contributed by atoms with Gasteiger partial charge in [0, 0.05) is 35.1 Å². The Morgan fingerprint density at radius 1 is 1.24 bits per heavy atom. The first kappa shape index (κ1) is 21.4. The molecule has 0 aliphatic carbocycles. The Morgan fingerprint density at radius 3 is 2.59 bits per heavy atom. The number of halogens is 3. The molecule has 2 aromatic heterocycles. The number of nitrogens with zero attached hydrogens (tertiary/aromatic N) is 3. The number of amides is 1. The second-order valence-corrected chi connectivity index (χ2v) is 8.35. The molecular formula is C21H18ClFIN3O2. The van der Waals surface area contributed by atoms with Gasteiger partial charge in [-0.3, -0.25) is 19.1 Å². The summed E-state index contributed by atoms with van der Waals surface area (Å²) in [7, 11) is 3.12. The first-order chi connectivity index (χ1) is 13.6. The van der Waals surface area contributed by atoms with Gasteiger partial charge in [0.15, 0.2) is 0 Å². The van der Waals surface area contributed by atoms with Crippen molar-refractivity contribution in [1.29, 1.82) is 0 Å². The van der Waals surface area contributed by atoms with Crippen molar-refractivity contribution in [2.45, 2.75) is 13.8 Å². The molecule has 2 heterocycles. The molecule has 1 aromatic carbocycles. The molecule has 3 aromatic rings. The zero-order valence-electron chi connectivity index (χ0n) is 16.3. The number of pyridine rings is 2. The molecule has 0 fully saturated rings. The minimum absolute atomic E-state index is 0.0397. The maximum Gasteiger partial charge on any atom is 0.275 e. The van der Waals surface area contributed by atoms with Gasteiger partial charge >= 0.3 is 0 Å². The van der Waals surface area contributed by atoms with Crippen molar-refractivity contribution in [2.24, 2.45) is 0 Å². The number of aryl methyl sites for hydroxylation is 2. The van der Waals surface area contributed by atoms with Crippen LogP contribution in [0, 0.1) is 23.2 Å². The molecule has 29 heavy (non-hydrogen) atoms. The summed E-state index contributed by atoms with van der Waals surface area (Å²) in [5.41, 5.74) is 2.09. The van der Waals surface area contributed by atoms with Gasteiger partial charge in [0.2, 0.25) is 0 Å². The van der Waals surface area contributed by atoms with Crippen LogP contribution in [0.5, 0.6) is 0 Å². The summed E-state index contributed by atoms with van der Waals surface area (Å²) >= 11 is 8.18. The van der Waals surface area contributed by atoms with Crippen molar-refractivity contribution in [1.82, 2.24) is 14.5 Å². The Bertz CT molecular complexity index is 1190. The third-order valence-corrected chi connectivity index (χ3v) is 6.05. The van der Waals surface area contributed by atoms with Crippen molar-refractivity contribution in [3.63, 3.8) is 0 Å². The van der Waals surface area contributed by atoms with Gasteiger partial charge in [-0.15, -0.1) is 0 Å². The van der Waals surface area contributed by atoms with E-state index in [-0.39, 0.29) is 21.7 Å². The van der Waals surface area contributed by atoms with E-state index in [0.717, 1.165) is 5.56 Å². The quantitative estimate of drug-likeness (QED) is 0.469. The summed E-state index contributed by atoms with van der Waals surface area (Å²) in [6.45, 7) is 3.61. The Morgan fingerprint density at radius 2 is 1.93 bits per heavy atom. The van der Waals surface area contributed by atoms with Crippen LogP contribution in [-0.4, -0.2) is 34.5 Å². The predicted octanol–water partition coefficient (Wildman–Crippen LogP) is 4.62. The van der Waals surface area contributed by atoms with E-state index in [9.17, 15) is 9.59 Å². The van der Waals surface area contributed by atoms with Crippen molar-refractivity contribution in [3.8, 4) is 16.9 Å². The number of aromatic nitrogens is 2. The van der Waals surface area contributed by atoms with Crippen LogP contribution in [0.1, 0.15) is 21.6 Å². The van der Waals surface area contributed by atoms with E-state index in [1.807, 2.05) is 29.5 Å². The lowest BCUT2D eigenvalue weighted by molar-refractivity contribution is 0.0823. The van der Waals surface area contributed by atoms with E-state index in [1.54, 1.807) is 51.5 Å². The van der Waals surface area contributed by atoms with Crippen LogP contribution in [0.2, 0.25) is 5.02 Å². The molecule has 0 N–H and O–H groups in total. The molecule has 0 unspecified atom stereocenters. The lowest BCUT2D eigenvalue weighted by atomic mass is 10.0. The molecule has 0 bridgehead atoms. The smallest absolute Gasteiger partial charge is 0.275 e. The van der Waals surface area contributed by atoms with Crippen LogP contribution < -0.4 is 5.56 Å². The molecule has 0 spiro atoms. The van der Waals surface area contributed by atoms with E-state index in [2.05, 4.69) is 4.98 Å². The van der Waals surface area contributed by atoms with Gasteiger partial charge in [-0.1, -0.05) is 17.7 Å². The van der Waals surface area contributed by atoms with Gasteiger partial charge < -0.3 is 4.90 Å². The van der Waals surface area contributed by atoms with Crippen LogP contribution in [0.15, 0.2) is 41.3 Å². The molecule has 150 valence electrons. The summed E-state index contributed by atoms with van der Waals surface area (Å²) in [5, 5.41) is 0.124. The molecule has 8 heteroatoms. The summed E-state index contributed by atoms with van der Waals surface area (Å²) in [4.78, 5) is 30.7.